The number of amides is 2. The Hall–Kier alpha value is -2.94. The molecule has 2 amide bonds. The average molecular weight is 492 g/mol. The normalized spacial score (nSPS) is 13.1. The lowest BCUT2D eigenvalue weighted by molar-refractivity contribution is -0.140. The number of nitrogens with one attached hydrogen (secondary N) is 1. The lowest BCUT2D eigenvalue weighted by Crippen LogP contribution is -2.53. The molecule has 0 aliphatic carbocycles. The van der Waals surface area contributed by atoms with E-state index in [1.165, 1.54) is 23.1 Å². The fourth-order valence-corrected chi connectivity index (χ4v) is 4.34. The monoisotopic (exact) mass is 491 g/mol. The summed E-state index contributed by atoms with van der Waals surface area (Å²) < 4.78 is 39.7. The maximum Gasteiger partial charge on any atom is 0.244 e. The van der Waals surface area contributed by atoms with Crippen molar-refractivity contribution in [2.45, 2.75) is 59.2 Å². The highest BCUT2D eigenvalue weighted by atomic mass is 32.2. The Morgan fingerprint density at radius 3 is 2.24 bits per heavy atom. The summed E-state index contributed by atoms with van der Waals surface area (Å²) in [4.78, 5) is 28.0. The number of hydrogen-bond donors (Lipinski definition) is 1. The average Bonchev–Trinajstić information content (AvgIpc) is 2.77. The Labute approximate surface area is 202 Å². The van der Waals surface area contributed by atoms with Gasteiger partial charge < -0.3 is 10.2 Å². The second-order valence-electron chi connectivity index (χ2n) is 8.50. The smallest absolute Gasteiger partial charge is 0.244 e. The molecule has 0 aliphatic rings. The molecule has 186 valence electrons. The Morgan fingerprint density at radius 1 is 1.06 bits per heavy atom. The number of nitrogens with zero attached hydrogens (tertiary/aromatic N) is 2. The third-order valence-electron chi connectivity index (χ3n) is 5.64. The van der Waals surface area contributed by atoms with Crippen LogP contribution < -0.4 is 9.62 Å². The third-order valence-corrected chi connectivity index (χ3v) is 6.78. The van der Waals surface area contributed by atoms with Gasteiger partial charge in [-0.2, -0.15) is 0 Å². The molecule has 0 aromatic heterocycles. The van der Waals surface area contributed by atoms with Crippen LogP contribution in [0.15, 0.2) is 48.5 Å². The summed E-state index contributed by atoms with van der Waals surface area (Å²) in [6.45, 7) is 7.16. The molecule has 9 heteroatoms. The molecule has 0 saturated carbocycles. The van der Waals surface area contributed by atoms with E-state index in [-0.39, 0.29) is 24.2 Å². The molecule has 0 saturated heterocycles. The SMILES string of the molecule is CCC(C)NC(=O)C(CC)N(Cc1ccc(C)cc1)C(=O)CN(c1cccc(F)c1)S(C)(=O)=O. The van der Waals surface area contributed by atoms with Gasteiger partial charge in [0.2, 0.25) is 21.8 Å². The minimum Gasteiger partial charge on any atom is -0.352 e. The fourth-order valence-electron chi connectivity index (χ4n) is 3.50. The van der Waals surface area contributed by atoms with Gasteiger partial charge in [-0.3, -0.25) is 13.9 Å². The first-order valence-electron chi connectivity index (χ1n) is 11.3. The second-order valence-corrected chi connectivity index (χ2v) is 10.4. The molecule has 2 aromatic rings. The Bertz CT molecular complexity index is 1090. The second kappa shape index (κ2) is 12.0. The van der Waals surface area contributed by atoms with Crippen LogP contribution in [0.3, 0.4) is 0 Å². The molecule has 0 radical (unpaired) electrons. The van der Waals surface area contributed by atoms with Gasteiger partial charge >= 0.3 is 0 Å². The van der Waals surface area contributed by atoms with Crippen molar-refractivity contribution in [2.75, 3.05) is 17.1 Å². The molecule has 34 heavy (non-hydrogen) atoms. The van der Waals surface area contributed by atoms with Crippen LogP contribution >= 0.6 is 0 Å². The highest BCUT2D eigenvalue weighted by Gasteiger charge is 2.32. The van der Waals surface area contributed by atoms with Crippen LogP contribution in [-0.2, 0) is 26.2 Å². The molecule has 7 nitrogen and oxygen atoms in total. The largest absolute Gasteiger partial charge is 0.352 e. The quantitative estimate of drug-likeness (QED) is 0.520. The van der Waals surface area contributed by atoms with E-state index in [0.29, 0.717) is 6.42 Å². The van der Waals surface area contributed by atoms with Gasteiger partial charge in [0.25, 0.3) is 0 Å². The predicted molar refractivity (Wildman–Crippen MR) is 132 cm³/mol. The number of hydrogen-bond acceptors (Lipinski definition) is 4. The molecule has 0 bridgehead atoms. The van der Waals surface area contributed by atoms with E-state index in [0.717, 1.165) is 34.2 Å². The fraction of sp³-hybridized carbons (Fsp3) is 0.440. The lowest BCUT2D eigenvalue weighted by Gasteiger charge is -2.33. The molecular formula is C25H34FN3O4S. The van der Waals surface area contributed by atoms with E-state index in [4.69, 9.17) is 0 Å². The zero-order chi connectivity index (χ0) is 25.5. The molecule has 0 spiro atoms. The number of rotatable bonds is 11. The molecule has 0 aliphatic heterocycles. The van der Waals surface area contributed by atoms with Crippen molar-refractivity contribution in [1.82, 2.24) is 10.2 Å². The number of anilines is 1. The van der Waals surface area contributed by atoms with Crippen molar-refractivity contribution >= 4 is 27.5 Å². The van der Waals surface area contributed by atoms with Crippen LogP contribution in [0.1, 0.15) is 44.7 Å². The first-order chi connectivity index (χ1) is 16.0. The van der Waals surface area contributed by atoms with Gasteiger partial charge in [-0.1, -0.05) is 49.7 Å². The summed E-state index contributed by atoms with van der Waals surface area (Å²) in [7, 11) is -3.90. The van der Waals surface area contributed by atoms with E-state index >= 15 is 0 Å². The van der Waals surface area contributed by atoms with Crippen molar-refractivity contribution in [1.29, 1.82) is 0 Å². The predicted octanol–water partition coefficient (Wildman–Crippen LogP) is 3.62. The summed E-state index contributed by atoms with van der Waals surface area (Å²) in [6, 6.07) is 11.8. The van der Waals surface area contributed by atoms with Gasteiger partial charge in [0.05, 0.1) is 11.9 Å². The van der Waals surface area contributed by atoms with Gasteiger partial charge in [0.15, 0.2) is 0 Å². The minimum absolute atomic E-state index is 0.0447. The van der Waals surface area contributed by atoms with Crippen LogP contribution in [0.2, 0.25) is 0 Å². The van der Waals surface area contributed by atoms with Crippen molar-refractivity contribution in [2.24, 2.45) is 0 Å². The zero-order valence-electron chi connectivity index (χ0n) is 20.4. The molecule has 2 aromatic carbocycles. The van der Waals surface area contributed by atoms with Gasteiger partial charge in [0.1, 0.15) is 18.4 Å². The molecular weight excluding hydrogens is 457 g/mol. The number of aryl methyl sites for hydroxylation is 1. The number of benzene rings is 2. The number of sulfonamides is 1. The maximum absolute atomic E-state index is 13.8. The number of carbonyl (C=O) groups excluding carboxylic acids is 2. The lowest BCUT2D eigenvalue weighted by atomic mass is 10.1. The standard InChI is InChI=1S/C25H34FN3O4S/c1-6-19(4)27-25(31)23(7-2)28(16-20-13-11-18(3)12-14-20)24(30)17-29(34(5,32)33)22-10-8-9-21(26)15-22/h8-15,19,23H,6-7,16-17H2,1-5H3,(H,27,31). The van der Waals surface area contributed by atoms with Gasteiger partial charge in [-0.05, 0) is 50.5 Å². The van der Waals surface area contributed by atoms with Crippen molar-refractivity contribution in [3.63, 3.8) is 0 Å². The molecule has 0 heterocycles. The first-order valence-corrected chi connectivity index (χ1v) is 13.2. The minimum atomic E-state index is -3.90. The Kier molecular flexibility index (Phi) is 9.61. The Balaban J connectivity index is 2.43. The number of carbonyl (C=O) groups is 2. The van der Waals surface area contributed by atoms with Crippen LogP contribution in [0.4, 0.5) is 10.1 Å². The van der Waals surface area contributed by atoms with E-state index in [2.05, 4.69) is 5.32 Å². The van der Waals surface area contributed by atoms with E-state index in [1.54, 1.807) is 6.92 Å². The van der Waals surface area contributed by atoms with E-state index in [9.17, 15) is 22.4 Å². The summed E-state index contributed by atoms with van der Waals surface area (Å²) >= 11 is 0. The summed E-state index contributed by atoms with van der Waals surface area (Å²) in [5.41, 5.74) is 1.91. The van der Waals surface area contributed by atoms with Gasteiger partial charge in [0, 0.05) is 12.6 Å². The van der Waals surface area contributed by atoms with Gasteiger partial charge in [-0.15, -0.1) is 0 Å². The van der Waals surface area contributed by atoms with Crippen LogP contribution in [0.5, 0.6) is 0 Å². The summed E-state index contributed by atoms with van der Waals surface area (Å²) in [5.74, 6) is -1.47. The number of halogens is 1. The molecule has 0 fully saturated rings. The van der Waals surface area contributed by atoms with Gasteiger partial charge in [-0.25, -0.2) is 12.8 Å². The third kappa shape index (κ3) is 7.55. The van der Waals surface area contributed by atoms with Crippen LogP contribution in [0, 0.1) is 12.7 Å². The van der Waals surface area contributed by atoms with Crippen LogP contribution in [-0.4, -0.2) is 50.0 Å². The van der Waals surface area contributed by atoms with Crippen molar-refractivity contribution in [3.05, 3.63) is 65.5 Å². The highest BCUT2D eigenvalue weighted by Crippen LogP contribution is 2.20. The summed E-state index contributed by atoms with van der Waals surface area (Å²) in [6.07, 6.45) is 2.04. The first kappa shape index (κ1) is 27.3. The Morgan fingerprint density at radius 2 is 1.71 bits per heavy atom. The van der Waals surface area contributed by atoms with Crippen LogP contribution in [0.25, 0.3) is 0 Å². The van der Waals surface area contributed by atoms with E-state index in [1.807, 2.05) is 45.0 Å². The zero-order valence-corrected chi connectivity index (χ0v) is 21.2. The van der Waals surface area contributed by atoms with E-state index < -0.39 is 34.3 Å². The van der Waals surface area contributed by atoms with Crippen molar-refractivity contribution < 1.29 is 22.4 Å². The summed E-state index contributed by atoms with van der Waals surface area (Å²) in [5, 5.41) is 2.92. The highest BCUT2D eigenvalue weighted by molar-refractivity contribution is 7.92. The molecule has 2 atom stereocenters. The molecule has 1 N–H and O–H groups in total. The topological polar surface area (TPSA) is 86.8 Å². The maximum atomic E-state index is 13.8. The molecule has 2 rings (SSSR count). The van der Waals surface area contributed by atoms with Crippen molar-refractivity contribution in [3.8, 4) is 0 Å². The molecule has 2 unspecified atom stereocenters.